The predicted molar refractivity (Wildman–Crippen MR) is 53.4 cm³/mol. The second-order valence-corrected chi connectivity index (χ2v) is 2.68. The van der Waals surface area contributed by atoms with Crippen LogP contribution < -0.4 is 5.43 Å². The van der Waals surface area contributed by atoms with Crippen LogP contribution in [-0.2, 0) is 6.54 Å². The molecule has 2 N–H and O–H groups in total. The molecule has 0 aliphatic carbocycles. The Labute approximate surface area is 89.7 Å². The summed E-state index contributed by atoms with van der Waals surface area (Å²) in [7, 11) is 0. The lowest BCUT2D eigenvalue weighted by Crippen LogP contribution is -2.39. The van der Waals surface area contributed by atoms with Gasteiger partial charge in [-0.1, -0.05) is 11.5 Å². The summed E-state index contributed by atoms with van der Waals surface area (Å²) in [5, 5.41) is 19.4. The van der Waals surface area contributed by atoms with Crippen LogP contribution in [0.2, 0.25) is 0 Å². The quantitative estimate of drug-likeness (QED) is 0.249. The minimum atomic E-state index is -0.946. The van der Waals surface area contributed by atoms with Crippen molar-refractivity contribution in [2.75, 3.05) is 0 Å². The van der Waals surface area contributed by atoms with Crippen molar-refractivity contribution in [3.8, 4) is 0 Å². The van der Waals surface area contributed by atoms with E-state index in [0.717, 1.165) is 0 Å². The standard InChI is InChI=1S/C7H8N6O3/c8-7(10-13(15)16)12(11-14)5-6-3-1-2-4-9-6/h1-4H,5H2,(H2,8,10). The van der Waals surface area contributed by atoms with Gasteiger partial charge in [0.1, 0.15) is 0 Å². The lowest BCUT2D eigenvalue weighted by atomic mass is 10.3. The molecule has 0 aromatic carbocycles. The largest absolute Gasteiger partial charge is 0.277 e. The van der Waals surface area contributed by atoms with Gasteiger partial charge in [-0.3, -0.25) is 10.4 Å². The van der Waals surface area contributed by atoms with Gasteiger partial charge >= 0.3 is 0 Å². The van der Waals surface area contributed by atoms with E-state index in [0.29, 0.717) is 10.7 Å². The fraction of sp³-hybridized carbons (Fsp3) is 0.143. The lowest BCUT2D eigenvalue weighted by Gasteiger charge is -2.12. The van der Waals surface area contributed by atoms with Crippen molar-refractivity contribution in [1.29, 1.82) is 5.41 Å². The van der Waals surface area contributed by atoms with E-state index in [9.17, 15) is 15.0 Å². The molecule has 0 radical (unpaired) electrons. The number of rotatable bonds is 4. The minimum absolute atomic E-state index is 0.107. The summed E-state index contributed by atoms with van der Waals surface area (Å²) < 4.78 is 0. The predicted octanol–water partition coefficient (Wildman–Crippen LogP) is 0.281. The van der Waals surface area contributed by atoms with E-state index in [4.69, 9.17) is 5.41 Å². The number of nitrogens with zero attached hydrogens (tertiary/aromatic N) is 4. The number of hydrogen-bond acceptors (Lipinski definition) is 6. The van der Waals surface area contributed by atoms with Crippen LogP contribution in [0.25, 0.3) is 0 Å². The van der Waals surface area contributed by atoms with Crippen molar-refractivity contribution in [3.63, 3.8) is 0 Å². The number of pyridine rings is 1. The van der Waals surface area contributed by atoms with Gasteiger partial charge in [0, 0.05) is 6.20 Å². The smallest absolute Gasteiger partial charge is 0.263 e. The molecule has 1 aromatic rings. The number of hydrogen-bond donors (Lipinski definition) is 2. The highest BCUT2D eigenvalue weighted by atomic mass is 16.7. The first kappa shape index (κ1) is 11.5. The van der Waals surface area contributed by atoms with Gasteiger partial charge in [0.25, 0.3) is 5.96 Å². The average Bonchev–Trinajstić information content (AvgIpc) is 2.26. The highest BCUT2D eigenvalue weighted by Gasteiger charge is 2.15. The van der Waals surface area contributed by atoms with Crippen molar-refractivity contribution in [3.05, 3.63) is 45.1 Å². The zero-order valence-corrected chi connectivity index (χ0v) is 8.03. The first-order valence-electron chi connectivity index (χ1n) is 4.14. The van der Waals surface area contributed by atoms with E-state index in [1.165, 1.54) is 11.6 Å². The summed E-state index contributed by atoms with van der Waals surface area (Å²) >= 11 is 0. The van der Waals surface area contributed by atoms with Crippen molar-refractivity contribution in [2.24, 2.45) is 5.29 Å². The third-order valence-corrected chi connectivity index (χ3v) is 1.59. The number of hydrazine groups is 1. The van der Waals surface area contributed by atoms with E-state index >= 15 is 0 Å². The molecule has 0 saturated heterocycles. The van der Waals surface area contributed by atoms with Crippen LogP contribution in [-0.4, -0.2) is 21.0 Å². The van der Waals surface area contributed by atoms with Crippen molar-refractivity contribution < 1.29 is 5.03 Å². The molecular formula is C7H8N6O3. The zero-order chi connectivity index (χ0) is 12.0. The van der Waals surface area contributed by atoms with Crippen LogP contribution in [0.1, 0.15) is 5.69 Å². The van der Waals surface area contributed by atoms with Gasteiger partial charge in [-0.05, 0) is 12.1 Å². The molecule has 0 aliphatic heterocycles. The highest BCUT2D eigenvalue weighted by Crippen LogP contribution is 2.00. The third kappa shape index (κ3) is 3.29. The molecule has 0 bridgehead atoms. The second-order valence-electron chi connectivity index (χ2n) is 2.68. The number of nitroso groups, excluding NO2 is 1. The van der Waals surface area contributed by atoms with Gasteiger partial charge < -0.3 is 0 Å². The van der Waals surface area contributed by atoms with Gasteiger partial charge in [0.2, 0.25) is 0 Å². The monoisotopic (exact) mass is 224 g/mol. The Hall–Kier alpha value is -2.58. The van der Waals surface area contributed by atoms with E-state index in [1.54, 1.807) is 18.2 Å². The first-order valence-corrected chi connectivity index (χ1v) is 4.14. The maximum Gasteiger partial charge on any atom is 0.277 e. The molecule has 0 unspecified atom stereocenters. The molecule has 0 amide bonds. The molecule has 1 heterocycles. The molecule has 0 aliphatic rings. The fourth-order valence-corrected chi connectivity index (χ4v) is 0.938. The number of guanidine groups is 1. The summed E-state index contributed by atoms with van der Waals surface area (Å²) in [6.07, 6.45) is 1.50. The van der Waals surface area contributed by atoms with Gasteiger partial charge in [0.15, 0.2) is 5.03 Å². The van der Waals surface area contributed by atoms with E-state index in [-0.39, 0.29) is 6.54 Å². The molecule has 9 nitrogen and oxygen atoms in total. The van der Waals surface area contributed by atoms with Crippen LogP contribution in [0.3, 0.4) is 0 Å². The fourth-order valence-electron chi connectivity index (χ4n) is 0.938. The second kappa shape index (κ2) is 5.34. The van der Waals surface area contributed by atoms with Gasteiger partial charge in [0.05, 0.1) is 17.5 Å². The molecule has 0 spiro atoms. The summed E-state index contributed by atoms with van der Waals surface area (Å²) in [5.74, 6) is -0.717. The Morgan fingerprint density at radius 1 is 1.69 bits per heavy atom. The SMILES string of the molecule is N=C(N[N+](=O)[O-])N(Cc1ccccn1)N=O. The Morgan fingerprint density at radius 3 is 2.94 bits per heavy atom. The number of nitro groups is 1. The molecule has 0 fully saturated rings. The molecule has 0 saturated carbocycles. The maximum absolute atomic E-state index is 10.4. The molecule has 1 aromatic heterocycles. The summed E-state index contributed by atoms with van der Waals surface area (Å²) in [4.78, 5) is 24.3. The first-order chi connectivity index (χ1) is 7.63. The van der Waals surface area contributed by atoms with Gasteiger partial charge in [-0.15, -0.1) is 4.91 Å². The van der Waals surface area contributed by atoms with Crippen molar-refractivity contribution >= 4 is 5.96 Å². The van der Waals surface area contributed by atoms with Crippen LogP contribution in [0, 0.1) is 20.4 Å². The summed E-state index contributed by atoms with van der Waals surface area (Å²) in [6, 6.07) is 4.98. The zero-order valence-electron chi connectivity index (χ0n) is 8.03. The Balaban J connectivity index is 2.66. The average molecular weight is 224 g/mol. The van der Waals surface area contributed by atoms with E-state index in [2.05, 4.69) is 10.3 Å². The Bertz CT molecular complexity index is 394. The van der Waals surface area contributed by atoms with Gasteiger partial charge in [-0.25, -0.2) is 10.1 Å². The molecule has 16 heavy (non-hydrogen) atoms. The highest BCUT2D eigenvalue weighted by molar-refractivity contribution is 5.74. The Morgan fingerprint density at radius 2 is 2.44 bits per heavy atom. The van der Waals surface area contributed by atoms with Gasteiger partial charge in [-0.2, -0.15) is 5.01 Å². The van der Waals surface area contributed by atoms with Crippen molar-refractivity contribution in [1.82, 2.24) is 15.4 Å². The maximum atomic E-state index is 10.4. The number of nitrogens with one attached hydrogen (secondary N) is 2. The van der Waals surface area contributed by atoms with Crippen LogP contribution in [0.15, 0.2) is 29.7 Å². The molecule has 84 valence electrons. The van der Waals surface area contributed by atoms with Crippen molar-refractivity contribution in [2.45, 2.75) is 6.54 Å². The van der Waals surface area contributed by atoms with Crippen LogP contribution in [0.4, 0.5) is 0 Å². The minimum Gasteiger partial charge on any atom is -0.263 e. The molecule has 1 rings (SSSR count). The van der Waals surface area contributed by atoms with E-state index < -0.39 is 11.0 Å². The van der Waals surface area contributed by atoms with Crippen LogP contribution in [0.5, 0.6) is 0 Å². The topological polar surface area (TPSA) is 125 Å². The van der Waals surface area contributed by atoms with Crippen LogP contribution >= 0.6 is 0 Å². The lowest BCUT2D eigenvalue weighted by molar-refractivity contribution is -0.526. The number of aromatic nitrogens is 1. The third-order valence-electron chi connectivity index (χ3n) is 1.59. The Kier molecular flexibility index (Phi) is 3.83. The normalized spacial score (nSPS) is 9.25. The summed E-state index contributed by atoms with van der Waals surface area (Å²) in [6.45, 7) is -0.107. The molecular weight excluding hydrogens is 216 g/mol. The molecule has 9 heteroatoms. The molecule has 0 atom stereocenters. The summed E-state index contributed by atoms with van der Waals surface area (Å²) in [5.41, 5.74) is 1.99. The van der Waals surface area contributed by atoms with E-state index in [1.807, 2.05) is 0 Å².